The lowest BCUT2D eigenvalue weighted by Gasteiger charge is -2.35. The minimum Gasteiger partial charge on any atom is -0.335 e. The van der Waals surface area contributed by atoms with Crippen LogP contribution in [-0.4, -0.2) is 28.3 Å². The molecule has 1 heterocycles. The Morgan fingerprint density at radius 3 is 2.90 bits per heavy atom. The normalized spacial score (nSPS) is 18.9. The molecule has 1 saturated heterocycles. The molecule has 1 aromatic carbocycles. The number of halogens is 1. The number of hydrogen-bond donors (Lipinski definition) is 0. The third-order valence-corrected chi connectivity index (χ3v) is 3.98. The Bertz CT molecular complexity index is 533. The van der Waals surface area contributed by atoms with Crippen LogP contribution in [0.4, 0.5) is 5.69 Å². The first-order valence-electron chi connectivity index (χ1n) is 6.79. The summed E-state index contributed by atoms with van der Waals surface area (Å²) in [4.78, 5) is 24.9. The topological polar surface area (TPSA) is 63.5 Å². The summed E-state index contributed by atoms with van der Waals surface area (Å²) in [6.45, 7) is 2.68. The fourth-order valence-electron chi connectivity index (χ4n) is 2.69. The molecular weight excluding hydrogens is 280 g/mol. The SMILES string of the molecule is CC[C@@H]1CCCCN1C(=O)c1cc(Cl)ccc1[N+](=O)[O-]. The molecule has 5 nitrogen and oxygen atoms in total. The first-order valence-corrected chi connectivity index (χ1v) is 7.17. The predicted octanol–water partition coefficient (Wildman–Crippen LogP) is 3.65. The van der Waals surface area contributed by atoms with Crippen molar-refractivity contribution in [3.8, 4) is 0 Å². The monoisotopic (exact) mass is 296 g/mol. The van der Waals surface area contributed by atoms with Crippen molar-refractivity contribution in [2.45, 2.75) is 38.6 Å². The van der Waals surface area contributed by atoms with Crippen molar-refractivity contribution in [2.75, 3.05) is 6.54 Å². The molecule has 1 fully saturated rings. The number of carbonyl (C=O) groups is 1. The van der Waals surface area contributed by atoms with Gasteiger partial charge in [0.15, 0.2) is 0 Å². The number of benzene rings is 1. The molecule has 1 aromatic rings. The van der Waals surface area contributed by atoms with Gasteiger partial charge in [-0.1, -0.05) is 18.5 Å². The maximum absolute atomic E-state index is 12.6. The predicted molar refractivity (Wildman–Crippen MR) is 77.1 cm³/mol. The number of carbonyl (C=O) groups excluding carboxylic acids is 1. The second-order valence-electron chi connectivity index (χ2n) is 4.97. The van der Waals surface area contributed by atoms with Gasteiger partial charge in [0.1, 0.15) is 5.56 Å². The maximum atomic E-state index is 12.6. The Balaban J connectivity index is 2.36. The summed E-state index contributed by atoms with van der Waals surface area (Å²) < 4.78 is 0. The summed E-state index contributed by atoms with van der Waals surface area (Å²) in [6.07, 6.45) is 3.85. The summed E-state index contributed by atoms with van der Waals surface area (Å²) >= 11 is 5.88. The minimum absolute atomic E-state index is 0.0860. The van der Waals surface area contributed by atoms with E-state index in [1.54, 1.807) is 4.90 Å². The largest absolute Gasteiger partial charge is 0.335 e. The van der Waals surface area contributed by atoms with Crippen LogP contribution in [0.2, 0.25) is 5.02 Å². The second-order valence-corrected chi connectivity index (χ2v) is 5.41. The van der Waals surface area contributed by atoms with Gasteiger partial charge in [-0.05, 0) is 37.8 Å². The van der Waals surface area contributed by atoms with E-state index in [-0.39, 0.29) is 23.2 Å². The number of nitro benzene ring substituents is 1. The molecule has 1 atom stereocenters. The van der Waals surface area contributed by atoms with Crippen LogP contribution in [0.1, 0.15) is 43.0 Å². The third-order valence-electron chi connectivity index (χ3n) is 3.74. The van der Waals surface area contributed by atoms with Crippen LogP contribution in [0.3, 0.4) is 0 Å². The van der Waals surface area contributed by atoms with Crippen molar-refractivity contribution < 1.29 is 9.72 Å². The van der Waals surface area contributed by atoms with Gasteiger partial charge in [0.2, 0.25) is 0 Å². The Morgan fingerprint density at radius 1 is 1.50 bits per heavy atom. The lowest BCUT2D eigenvalue weighted by molar-refractivity contribution is -0.385. The average molecular weight is 297 g/mol. The molecule has 0 spiro atoms. The molecule has 1 aliphatic rings. The number of nitro groups is 1. The highest BCUT2D eigenvalue weighted by atomic mass is 35.5. The fourth-order valence-corrected chi connectivity index (χ4v) is 2.86. The molecule has 108 valence electrons. The molecule has 0 N–H and O–H groups in total. The van der Waals surface area contributed by atoms with E-state index in [0.717, 1.165) is 25.7 Å². The summed E-state index contributed by atoms with van der Waals surface area (Å²) in [6, 6.07) is 4.28. The van der Waals surface area contributed by atoms with E-state index in [1.807, 2.05) is 6.92 Å². The van der Waals surface area contributed by atoms with Crippen molar-refractivity contribution in [3.05, 3.63) is 38.9 Å². The van der Waals surface area contributed by atoms with Crippen molar-refractivity contribution >= 4 is 23.2 Å². The number of nitrogens with zero attached hydrogens (tertiary/aromatic N) is 2. The highest BCUT2D eigenvalue weighted by Gasteiger charge is 2.30. The molecule has 2 rings (SSSR count). The van der Waals surface area contributed by atoms with Crippen molar-refractivity contribution in [2.24, 2.45) is 0 Å². The minimum atomic E-state index is -0.533. The molecule has 0 aliphatic carbocycles. The summed E-state index contributed by atoms with van der Waals surface area (Å²) in [5.41, 5.74) is -0.0947. The molecule has 1 aliphatic heterocycles. The molecule has 0 aromatic heterocycles. The van der Waals surface area contributed by atoms with Gasteiger partial charge in [-0.3, -0.25) is 14.9 Å². The molecular formula is C14H17ClN2O3. The Labute approximate surface area is 122 Å². The zero-order valence-corrected chi connectivity index (χ0v) is 12.1. The standard InChI is InChI=1S/C14H17ClN2O3/c1-2-11-5-3-4-8-16(11)14(18)12-9-10(15)6-7-13(12)17(19)20/h6-7,9,11H,2-5,8H2,1H3/t11-/m1/s1. The first-order chi connectivity index (χ1) is 9.54. The second kappa shape index (κ2) is 6.22. The zero-order valence-electron chi connectivity index (χ0n) is 11.3. The van der Waals surface area contributed by atoms with E-state index >= 15 is 0 Å². The Hall–Kier alpha value is -1.62. The molecule has 0 bridgehead atoms. The number of piperidine rings is 1. The van der Waals surface area contributed by atoms with Crippen LogP contribution < -0.4 is 0 Å². The van der Waals surface area contributed by atoms with E-state index in [0.29, 0.717) is 11.6 Å². The van der Waals surface area contributed by atoms with Crippen LogP contribution in [0.5, 0.6) is 0 Å². The third kappa shape index (κ3) is 2.93. The van der Waals surface area contributed by atoms with Gasteiger partial charge < -0.3 is 4.90 Å². The van der Waals surface area contributed by atoms with Gasteiger partial charge >= 0.3 is 0 Å². The fraction of sp³-hybridized carbons (Fsp3) is 0.500. The van der Waals surface area contributed by atoms with Crippen LogP contribution in [0.15, 0.2) is 18.2 Å². The summed E-state index contributed by atoms with van der Waals surface area (Å²) in [5.74, 6) is -0.286. The molecule has 0 unspecified atom stereocenters. The number of rotatable bonds is 3. The van der Waals surface area contributed by atoms with E-state index in [2.05, 4.69) is 0 Å². The Morgan fingerprint density at radius 2 is 2.25 bits per heavy atom. The summed E-state index contributed by atoms with van der Waals surface area (Å²) in [5, 5.41) is 11.4. The van der Waals surface area contributed by atoms with Gasteiger partial charge in [-0.25, -0.2) is 0 Å². The van der Waals surface area contributed by atoms with E-state index < -0.39 is 4.92 Å². The highest BCUT2D eigenvalue weighted by Crippen LogP contribution is 2.28. The van der Waals surface area contributed by atoms with Crippen molar-refractivity contribution in [1.82, 2.24) is 4.90 Å². The number of likely N-dealkylation sites (tertiary alicyclic amines) is 1. The Kier molecular flexibility index (Phi) is 4.60. The number of amides is 1. The van der Waals surface area contributed by atoms with Gasteiger partial charge in [-0.15, -0.1) is 0 Å². The lowest BCUT2D eigenvalue weighted by atomic mass is 9.98. The van der Waals surface area contributed by atoms with E-state index in [1.165, 1.54) is 18.2 Å². The highest BCUT2D eigenvalue weighted by molar-refractivity contribution is 6.31. The molecule has 1 amide bonds. The smallest absolute Gasteiger partial charge is 0.282 e. The van der Waals surface area contributed by atoms with Gasteiger partial charge in [0, 0.05) is 23.7 Å². The van der Waals surface area contributed by atoms with Crippen molar-refractivity contribution in [3.63, 3.8) is 0 Å². The van der Waals surface area contributed by atoms with Crippen LogP contribution >= 0.6 is 11.6 Å². The maximum Gasteiger partial charge on any atom is 0.282 e. The van der Waals surface area contributed by atoms with Crippen LogP contribution in [-0.2, 0) is 0 Å². The molecule has 20 heavy (non-hydrogen) atoms. The van der Waals surface area contributed by atoms with Gasteiger partial charge in [-0.2, -0.15) is 0 Å². The zero-order chi connectivity index (χ0) is 14.7. The first kappa shape index (κ1) is 14.8. The van der Waals surface area contributed by atoms with Crippen LogP contribution in [0, 0.1) is 10.1 Å². The molecule has 0 saturated carbocycles. The lowest BCUT2D eigenvalue weighted by Crippen LogP contribution is -2.43. The van der Waals surface area contributed by atoms with E-state index in [4.69, 9.17) is 11.6 Å². The molecule has 0 radical (unpaired) electrons. The van der Waals surface area contributed by atoms with Crippen molar-refractivity contribution in [1.29, 1.82) is 0 Å². The summed E-state index contributed by atoms with van der Waals surface area (Å²) in [7, 11) is 0. The molecule has 6 heteroatoms. The van der Waals surface area contributed by atoms with Crippen LogP contribution in [0.25, 0.3) is 0 Å². The van der Waals surface area contributed by atoms with Gasteiger partial charge in [0.25, 0.3) is 11.6 Å². The van der Waals surface area contributed by atoms with E-state index in [9.17, 15) is 14.9 Å². The number of hydrogen-bond acceptors (Lipinski definition) is 3. The average Bonchev–Trinajstić information content (AvgIpc) is 2.46. The van der Waals surface area contributed by atoms with Gasteiger partial charge in [0.05, 0.1) is 4.92 Å². The quantitative estimate of drug-likeness (QED) is 0.631.